The van der Waals surface area contributed by atoms with Gasteiger partial charge in [0.25, 0.3) is 0 Å². The zero-order chi connectivity index (χ0) is 12.4. The molecule has 0 aliphatic heterocycles. The van der Waals surface area contributed by atoms with Gasteiger partial charge in [-0.2, -0.15) is 0 Å². The van der Waals surface area contributed by atoms with Gasteiger partial charge in [0.1, 0.15) is 0 Å². The largest absolute Gasteiger partial charge is 0.398 e. The summed E-state index contributed by atoms with van der Waals surface area (Å²) in [7, 11) is 0. The Bertz CT molecular complexity index is 531. The van der Waals surface area contributed by atoms with Crippen LogP contribution in [0.5, 0.6) is 0 Å². The quantitative estimate of drug-likeness (QED) is 0.787. The second-order valence-electron chi connectivity index (χ2n) is 5.19. The number of nitrogens with two attached hydrogens (primary N) is 1. The summed E-state index contributed by atoms with van der Waals surface area (Å²) < 4.78 is 0. The van der Waals surface area contributed by atoms with Crippen molar-refractivity contribution < 1.29 is 0 Å². The topological polar surface area (TPSA) is 26.0 Å². The van der Waals surface area contributed by atoms with Gasteiger partial charge < -0.3 is 5.73 Å². The number of nitrogen functional groups attached to an aromatic ring is 1. The van der Waals surface area contributed by atoms with Crippen molar-refractivity contribution in [3.63, 3.8) is 0 Å². The highest BCUT2D eigenvalue weighted by atomic mass is 14.6. The SMILES string of the molecule is Nc1cccc2c1CCCC2Cc1ccccc1. The van der Waals surface area contributed by atoms with Crippen LogP contribution in [-0.4, -0.2) is 0 Å². The van der Waals surface area contributed by atoms with Gasteiger partial charge in [-0.25, -0.2) is 0 Å². The molecule has 2 N–H and O–H groups in total. The van der Waals surface area contributed by atoms with Crippen molar-refractivity contribution in [3.05, 3.63) is 65.2 Å². The van der Waals surface area contributed by atoms with E-state index in [4.69, 9.17) is 5.73 Å². The lowest BCUT2D eigenvalue weighted by molar-refractivity contribution is 0.551. The van der Waals surface area contributed by atoms with E-state index in [0.29, 0.717) is 5.92 Å². The van der Waals surface area contributed by atoms with E-state index in [2.05, 4.69) is 42.5 Å². The highest BCUT2D eigenvalue weighted by molar-refractivity contribution is 5.53. The molecule has 2 aromatic carbocycles. The Labute approximate surface area is 109 Å². The predicted octanol–water partition coefficient (Wildman–Crippen LogP) is 3.93. The molecule has 1 aliphatic rings. The van der Waals surface area contributed by atoms with Gasteiger partial charge in [0.2, 0.25) is 0 Å². The molecule has 0 fully saturated rings. The van der Waals surface area contributed by atoms with Crippen LogP contribution in [0.4, 0.5) is 5.69 Å². The second-order valence-corrected chi connectivity index (χ2v) is 5.19. The predicted molar refractivity (Wildman–Crippen MR) is 76.7 cm³/mol. The molecule has 2 aromatic rings. The maximum atomic E-state index is 6.10. The minimum absolute atomic E-state index is 0.639. The van der Waals surface area contributed by atoms with Crippen molar-refractivity contribution in [2.24, 2.45) is 0 Å². The van der Waals surface area contributed by atoms with Crippen molar-refractivity contribution in [2.45, 2.75) is 31.6 Å². The molecule has 1 atom stereocenters. The van der Waals surface area contributed by atoms with Crippen molar-refractivity contribution in [1.82, 2.24) is 0 Å². The van der Waals surface area contributed by atoms with Crippen LogP contribution in [0.1, 0.15) is 35.4 Å². The van der Waals surface area contributed by atoms with Gasteiger partial charge in [-0.05, 0) is 54.4 Å². The monoisotopic (exact) mass is 237 g/mol. The maximum Gasteiger partial charge on any atom is 0.0349 e. The molecule has 1 heteroatoms. The molecular weight excluding hydrogens is 218 g/mol. The molecule has 1 unspecified atom stereocenters. The zero-order valence-electron chi connectivity index (χ0n) is 10.6. The molecule has 1 nitrogen and oxygen atoms in total. The molecule has 3 rings (SSSR count). The fraction of sp³-hybridized carbons (Fsp3) is 0.294. The van der Waals surface area contributed by atoms with Crippen LogP contribution in [0.2, 0.25) is 0 Å². The Hall–Kier alpha value is -1.76. The number of rotatable bonds is 2. The average Bonchev–Trinajstić information content (AvgIpc) is 2.41. The standard InChI is InChI=1S/C17H19N/c18-17-11-5-9-15-14(8-4-10-16(15)17)12-13-6-2-1-3-7-13/h1-3,5-7,9,11,14H,4,8,10,12,18H2. The number of benzene rings is 2. The first kappa shape index (κ1) is 11.3. The van der Waals surface area contributed by atoms with Crippen molar-refractivity contribution in [3.8, 4) is 0 Å². The van der Waals surface area contributed by atoms with Crippen LogP contribution >= 0.6 is 0 Å². The molecule has 0 amide bonds. The first-order valence-corrected chi connectivity index (χ1v) is 6.76. The van der Waals surface area contributed by atoms with E-state index < -0.39 is 0 Å². The first-order valence-electron chi connectivity index (χ1n) is 6.76. The summed E-state index contributed by atoms with van der Waals surface area (Å²) in [5.41, 5.74) is 11.4. The van der Waals surface area contributed by atoms with Crippen molar-refractivity contribution in [2.75, 3.05) is 5.73 Å². The third kappa shape index (κ3) is 2.13. The van der Waals surface area contributed by atoms with E-state index in [0.717, 1.165) is 18.5 Å². The Morgan fingerprint density at radius 1 is 1.00 bits per heavy atom. The van der Waals surface area contributed by atoms with Crippen LogP contribution in [0.15, 0.2) is 48.5 Å². The lowest BCUT2D eigenvalue weighted by atomic mass is 9.79. The molecule has 1 aliphatic carbocycles. The van der Waals surface area contributed by atoms with Crippen LogP contribution in [0.25, 0.3) is 0 Å². The van der Waals surface area contributed by atoms with Crippen LogP contribution < -0.4 is 5.73 Å². The van der Waals surface area contributed by atoms with Crippen molar-refractivity contribution in [1.29, 1.82) is 0 Å². The molecular formula is C17H19N. The molecule has 18 heavy (non-hydrogen) atoms. The molecule has 92 valence electrons. The van der Waals surface area contributed by atoms with E-state index in [1.165, 1.54) is 29.5 Å². The Balaban J connectivity index is 1.90. The first-order chi connectivity index (χ1) is 8.84. The van der Waals surface area contributed by atoms with Crippen LogP contribution in [-0.2, 0) is 12.8 Å². The fourth-order valence-electron chi connectivity index (χ4n) is 3.09. The third-order valence-corrected chi connectivity index (χ3v) is 3.99. The summed E-state index contributed by atoms with van der Waals surface area (Å²) in [6.07, 6.45) is 4.83. The molecule has 0 heterocycles. The smallest absolute Gasteiger partial charge is 0.0349 e. The number of hydrogen-bond acceptors (Lipinski definition) is 1. The normalized spacial score (nSPS) is 18.3. The average molecular weight is 237 g/mol. The van der Waals surface area contributed by atoms with Gasteiger partial charge in [0.05, 0.1) is 0 Å². The summed E-state index contributed by atoms with van der Waals surface area (Å²) in [6, 6.07) is 17.2. The van der Waals surface area contributed by atoms with Gasteiger partial charge in [-0.1, -0.05) is 42.5 Å². The lowest BCUT2D eigenvalue weighted by Crippen LogP contribution is -2.13. The van der Waals surface area contributed by atoms with E-state index in [1.54, 1.807) is 0 Å². The third-order valence-electron chi connectivity index (χ3n) is 3.99. The zero-order valence-corrected chi connectivity index (χ0v) is 10.6. The maximum absolute atomic E-state index is 6.10. The Morgan fingerprint density at radius 2 is 1.83 bits per heavy atom. The van der Waals surface area contributed by atoms with E-state index in [9.17, 15) is 0 Å². The lowest BCUT2D eigenvalue weighted by Gasteiger charge is -2.26. The summed E-state index contributed by atoms with van der Waals surface area (Å²) >= 11 is 0. The minimum atomic E-state index is 0.639. The number of hydrogen-bond donors (Lipinski definition) is 1. The van der Waals surface area contributed by atoms with E-state index in [-0.39, 0.29) is 0 Å². The van der Waals surface area contributed by atoms with Gasteiger partial charge in [0, 0.05) is 5.69 Å². The van der Waals surface area contributed by atoms with E-state index >= 15 is 0 Å². The van der Waals surface area contributed by atoms with Gasteiger partial charge in [0.15, 0.2) is 0 Å². The fourth-order valence-corrected chi connectivity index (χ4v) is 3.09. The van der Waals surface area contributed by atoms with Gasteiger partial charge in [-0.3, -0.25) is 0 Å². The molecule has 0 bridgehead atoms. The molecule has 0 saturated heterocycles. The summed E-state index contributed by atoms with van der Waals surface area (Å²) in [5.74, 6) is 0.639. The minimum Gasteiger partial charge on any atom is -0.398 e. The molecule has 0 radical (unpaired) electrons. The highest BCUT2D eigenvalue weighted by Gasteiger charge is 2.21. The molecule has 0 spiro atoms. The molecule has 0 aromatic heterocycles. The Kier molecular flexibility index (Phi) is 3.06. The van der Waals surface area contributed by atoms with Gasteiger partial charge in [-0.15, -0.1) is 0 Å². The molecule has 0 saturated carbocycles. The summed E-state index contributed by atoms with van der Waals surface area (Å²) in [4.78, 5) is 0. The Morgan fingerprint density at radius 3 is 2.67 bits per heavy atom. The van der Waals surface area contributed by atoms with E-state index in [1.807, 2.05) is 6.07 Å². The van der Waals surface area contributed by atoms with Gasteiger partial charge >= 0.3 is 0 Å². The highest BCUT2D eigenvalue weighted by Crippen LogP contribution is 2.36. The number of fused-ring (bicyclic) bond motifs is 1. The summed E-state index contributed by atoms with van der Waals surface area (Å²) in [5, 5.41) is 0. The van der Waals surface area contributed by atoms with Crippen LogP contribution in [0, 0.1) is 0 Å². The second kappa shape index (κ2) is 4.85. The summed E-state index contributed by atoms with van der Waals surface area (Å²) in [6.45, 7) is 0. The van der Waals surface area contributed by atoms with Crippen LogP contribution in [0.3, 0.4) is 0 Å². The van der Waals surface area contributed by atoms with Crippen molar-refractivity contribution >= 4 is 5.69 Å². The number of anilines is 1.